The van der Waals surface area contributed by atoms with Crippen molar-refractivity contribution in [3.8, 4) is 23.0 Å². The first kappa shape index (κ1) is 23.2. The fourth-order valence-corrected chi connectivity index (χ4v) is 4.01. The minimum atomic E-state index is -0.703. The smallest absolute Gasteiger partial charge is 0.263 e. The summed E-state index contributed by atoms with van der Waals surface area (Å²) in [5, 5.41) is 13.7. The highest BCUT2D eigenvalue weighted by molar-refractivity contribution is 5.91. The van der Waals surface area contributed by atoms with Gasteiger partial charge in [0.1, 0.15) is 11.5 Å². The zero-order chi connectivity index (χ0) is 24.9. The van der Waals surface area contributed by atoms with Gasteiger partial charge in [-0.1, -0.05) is 42.5 Å². The molecule has 1 aliphatic rings. The number of carbonyl (C=O) groups excluding carboxylic acids is 2. The molecule has 4 aromatic rings. The molecule has 3 N–H and O–H groups in total. The zero-order valence-electron chi connectivity index (χ0n) is 19.5. The van der Waals surface area contributed by atoms with E-state index in [4.69, 9.17) is 13.9 Å². The summed E-state index contributed by atoms with van der Waals surface area (Å²) < 4.78 is 17.9. The molecule has 0 radical (unpaired) electrons. The van der Waals surface area contributed by atoms with Crippen LogP contribution in [-0.2, 0) is 9.59 Å². The predicted octanol–water partition coefficient (Wildman–Crippen LogP) is 3.48. The second-order valence-electron chi connectivity index (χ2n) is 8.13. The number of methoxy groups -OCH3 is 1. The van der Waals surface area contributed by atoms with Gasteiger partial charge in [0.15, 0.2) is 30.2 Å². The first-order valence-corrected chi connectivity index (χ1v) is 11.4. The summed E-state index contributed by atoms with van der Waals surface area (Å²) in [6, 6.07) is 21.7. The molecule has 2 aromatic heterocycles. The third-order valence-electron chi connectivity index (χ3n) is 5.70. The van der Waals surface area contributed by atoms with Crippen LogP contribution in [0.4, 0.5) is 5.82 Å². The van der Waals surface area contributed by atoms with Crippen molar-refractivity contribution < 1.29 is 23.5 Å². The van der Waals surface area contributed by atoms with Crippen molar-refractivity contribution in [1.82, 2.24) is 20.4 Å². The fraction of sp³-hybridized carbons (Fsp3) is 0.192. The molecule has 10 heteroatoms. The van der Waals surface area contributed by atoms with E-state index in [9.17, 15) is 9.59 Å². The molecule has 2 unspecified atom stereocenters. The average Bonchev–Trinajstić information content (AvgIpc) is 3.58. The largest absolute Gasteiger partial charge is 0.493 e. The number of hydrogen-bond acceptors (Lipinski definition) is 7. The molecule has 184 valence electrons. The van der Waals surface area contributed by atoms with Crippen LogP contribution in [0.2, 0.25) is 0 Å². The Morgan fingerprint density at radius 1 is 1.11 bits per heavy atom. The van der Waals surface area contributed by atoms with E-state index in [1.165, 1.54) is 11.8 Å². The number of para-hydroxylation sites is 2. The second kappa shape index (κ2) is 10.4. The highest BCUT2D eigenvalue weighted by Gasteiger charge is 2.30. The van der Waals surface area contributed by atoms with Crippen molar-refractivity contribution in [3.05, 3.63) is 84.6 Å². The van der Waals surface area contributed by atoms with E-state index in [0.717, 1.165) is 5.56 Å². The number of aromatic nitrogens is 2. The van der Waals surface area contributed by atoms with Gasteiger partial charge in [-0.3, -0.25) is 14.9 Å². The lowest BCUT2D eigenvalue weighted by Crippen LogP contribution is -2.50. The summed E-state index contributed by atoms with van der Waals surface area (Å²) in [6.45, 7) is -0.251. The molecule has 0 saturated carbocycles. The van der Waals surface area contributed by atoms with Crippen molar-refractivity contribution in [2.75, 3.05) is 19.0 Å². The Hall–Kier alpha value is -4.57. The Morgan fingerprint density at radius 3 is 2.64 bits per heavy atom. The van der Waals surface area contributed by atoms with Crippen molar-refractivity contribution in [2.24, 2.45) is 0 Å². The Morgan fingerprint density at radius 2 is 1.89 bits per heavy atom. The Balaban J connectivity index is 1.38. The molecule has 2 amide bonds. The summed E-state index contributed by atoms with van der Waals surface area (Å²) >= 11 is 0. The maximum Gasteiger partial charge on any atom is 0.263 e. The summed E-state index contributed by atoms with van der Waals surface area (Å²) in [5.74, 6) is 1.32. The van der Waals surface area contributed by atoms with Crippen LogP contribution in [0, 0.1) is 0 Å². The number of rotatable bonds is 8. The maximum atomic E-state index is 12.8. The molecular formula is C26H25N5O5. The van der Waals surface area contributed by atoms with Gasteiger partial charge in [0, 0.05) is 18.5 Å². The summed E-state index contributed by atoms with van der Waals surface area (Å²) in [6.07, 6.45) is 1.12. The van der Waals surface area contributed by atoms with E-state index in [1.54, 1.807) is 42.7 Å². The Kier molecular flexibility index (Phi) is 6.67. The zero-order valence-corrected chi connectivity index (χ0v) is 19.5. The number of carbonyl (C=O) groups is 2. The van der Waals surface area contributed by atoms with Crippen molar-refractivity contribution in [3.63, 3.8) is 0 Å². The number of amides is 2. The molecule has 1 saturated heterocycles. The number of hydrogen-bond donors (Lipinski definition) is 3. The van der Waals surface area contributed by atoms with Crippen LogP contribution in [0.1, 0.15) is 24.3 Å². The van der Waals surface area contributed by atoms with Gasteiger partial charge in [0.05, 0.1) is 13.4 Å². The summed E-state index contributed by atoms with van der Waals surface area (Å²) in [7, 11) is 1.53. The molecule has 5 rings (SSSR count). The lowest BCUT2D eigenvalue weighted by atomic mass is 10.0. The molecule has 0 bridgehead atoms. The van der Waals surface area contributed by atoms with E-state index in [-0.39, 0.29) is 25.0 Å². The van der Waals surface area contributed by atoms with Gasteiger partial charge in [0.25, 0.3) is 5.91 Å². The molecule has 10 nitrogen and oxygen atoms in total. The normalized spacial score (nSPS) is 17.3. The van der Waals surface area contributed by atoms with Crippen LogP contribution in [-0.4, -0.2) is 35.3 Å². The number of nitrogens with zero attached hydrogens (tertiary/aromatic N) is 2. The maximum absolute atomic E-state index is 12.8. The Labute approximate surface area is 207 Å². The molecule has 36 heavy (non-hydrogen) atoms. The van der Waals surface area contributed by atoms with Crippen LogP contribution in [0.25, 0.3) is 11.5 Å². The topological polar surface area (TPSA) is 120 Å². The van der Waals surface area contributed by atoms with Gasteiger partial charge in [-0.2, -0.15) is 5.10 Å². The van der Waals surface area contributed by atoms with Crippen LogP contribution in [0.15, 0.2) is 83.5 Å². The SMILES string of the molecule is COc1ccccc1OCC(=O)Nc1cc(-c2ccco2)nn1C1NC(=O)CC(c2ccccc2)N1. The number of nitrogens with one attached hydrogen (secondary N) is 3. The van der Waals surface area contributed by atoms with Gasteiger partial charge in [0.2, 0.25) is 5.91 Å². The van der Waals surface area contributed by atoms with Gasteiger partial charge < -0.3 is 24.5 Å². The lowest BCUT2D eigenvalue weighted by molar-refractivity contribution is -0.125. The quantitative estimate of drug-likeness (QED) is 0.348. The molecular weight excluding hydrogens is 462 g/mol. The predicted molar refractivity (Wildman–Crippen MR) is 131 cm³/mol. The third-order valence-corrected chi connectivity index (χ3v) is 5.70. The molecule has 3 heterocycles. The number of furan rings is 1. The van der Waals surface area contributed by atoms with Crippen molar-refractivity contribution in [1.29, 1.82) is 0 Å². The Bertz CT molecular complexity index is 1340. The van der Waals surface area contributed by atoms with Gasteiger partial charge >= 0.3 is 0 Å². The number of anilines is 1. The lowest BCUT2D eigenvalue weighted by Gasteiger charge is -2.32. The highest BCUT2D eigenvalue weighted by atomic mass is 16.5. The molecule has 2 atom stereocenters. The summed E-state index contributed by atoms with van der Waals surface area (Å²) in [4.78, 5) is 25.4. The first-order valence-electron chi connectivity index (χ1n) is 11.4. The molecule has 0 spiro atoms. The average molecular weight is 488 g/mol. The second-order valence-corrected chi connectivity index (χ2v) is 8.13. The fourth-order valence-electron chi connectivity index (χ4n) is 4.01. The molecule has 1 fully saturated rings. The minimum absolute atomic E-state index is 0.139. The van der Waals surface area contributed by atoms with Crippen LogP contribution >= 0.6 is 0 Å². The van der Waals surface area contributed by atoms with E-state index in [2.05, 4.69) is 21.0 Å². The van der Waals surface area contributed by atoms with Crippen molar-refractivity contribution >= 4 is 17.6 Å². The molecule has 1 aliphatic heterocycles. The molecule has 2 aromatic carbocycles. The van der Waals surface area contributed by atoms with Gasteiger partial charge in [-0.15, -0.1) is 0 Å². The number of ether oxygens (including phenoxy) is 2. The monoisotopic (exact) mass is 487 g/mol. The van der Waals surface area contributed by atoms with Crippen LogP contribution < -0.4 is 25.4 Å². The van der Waals surface area contributed by atoms with E-state index >= 15 is 0 Å². The van der Waals surface area contributed by atoms with Crippen LogP contribution in [0.5, 0.6) is 11.5 Å². The first-order chi connectivity index (χ1) is 17.6. The highest BCUT2D eigenvalue weighted by Crippen LogP contribution is 2.29. The van der Waals surface area contributed by atoms with E-state index in [1.807, 2.05) is 36.4 Å². The van der Waals surface area contributed by atoms with Crippen molar-refractivity contribution in [2.45, 2.75) is 18.8 Å². The standard InChI is InChI=1S/C26H25N5O5/c1-34-21-10-5-6-11-22(21)36-16-25(33)28-23-14-19(20-12-7-13-35-20)30-31(23)26-27-18(15-24(32)29-26)17-8-3-2-4-9-17/h2-14,18,26-27H,15-16H2,1H3,(H,28,33)(H,29,32). The van der Waals surface area contributed by atoms with E-state index < -0.39 is 12.2 Å². The molecule has 0 aliphatic carbocycles. The third kappa shape index (κ3) is 5.08. The van der Waals surface area contributed by atoms with E-state index in [0.29, 0.717) is 28.8 Å². The van der Waals surface area contributed by atoms with Gasteiger partial charge in [-0.05, 0) is 29.8 Å². The minimum Gasteiger partial charge on any atom is -0.493 e. The summed E-state index contributed by atoms with van der Waals surface area (Å²) in [5.41, 5.74) is 1.48. The van der Waals surface area contributed by atoms with Gasteiger partial charge in [-0.25, -0.2) is 4.68 Å². The van der Waals surface area contributed by atoms with Crippen LogP contribution in [0.3, 0.4) is 0 Å². The number of benzene rings is 2.